The van der Waals surface area contributed by atoms with E-state index in [0.29, 0.717) is 16.9 Å². The van der Waals surface area contributed by atoms with Crippen LogP contribution in [-0.4, -0.2) is 29.6 Å². The van der Waals surface area contributed by atoms with Gasteiger partial charge in [-0.2, -0.15) is 0 Å². The molecule has 0 spiro atoms. The van der Waals surface area contributed by atoms with Crippen LogP contribution in [0.15, 0.2) is 21.3 Å². The van der Waals surface area contributed by atoms with Crippen LogP contribution in [0, 0.1) is 6.92 Å². The van der Waals surface area contributed by atoms with E-state index < -0.39 is 24.5 Å². The number of carboxylic acids is 1. The van der Waals surface area contributed by atoms with Gasteiger partial charge < -0.3 is 19.6 Å². The standard InChI is InChI=1S/C18H19NO6/c1-9-14(24-10(2)17(22)19-8-15(20)21)7-6-12-11-4-3-5-13(11)18(23)25-16(9)12/h6-7,10H,3-5,8H2,1-2H3,(H,19,22)(H,20,21)/t10-/m1/s1. The minimum atomic E-state index is -1.13. The van der Waals surface area contributed by atoms with Crippen molar-refractivity contribution in [2.24, 2.45) is 0 Å². The van der Waals surface area contributed by atoms with E-state index in [1.54, 1.807) is 13.0 Å². The molecule has 2 N–H and O–H groups in total. The molecule has 1 heterocycles. The summed E-state index contributed by atoms with van der Waals surface area (Å²) >= 11 is 0. The first kappa shape index (κ1) is 17.0. The fourth-order valence-corrected chi connectivity index (χ4v) is 3.14. The third-order valence-electron chi connectivity index (χ3n) is 4.43. The van der Waals surface area contributed by atoms with Gasteiger partial charge in [0.25, 0.3) is 5.91 Å². The number of amides is 1. The van der Waals surface area contributed by atoms with E-state index in [1.165, 1.54) is 6.92 Å². The first-order valence-corrected chi connectivity index (χ1v) is 8.12. The van der Waals surface area contributed by atoms with Crippen molar-refractivity contribution in [2.45, 2.75) is 39.2 Å². The van der Waals surface area contributed by atoms with Gasteiger partial charge >= 0.3 is 11.6 Å². The first-order valence-electron chi connectivity index (χ1n) is 8.12. The highest BCUT2D eigenvalue weighted by Gasteiger charge is 2.22. The normalized spacial score (nSPS) is 14.2. The van der Waals surface area contributed by atoms with Crippen molar-refractivity contribution in [1.29, 1.82) is 0 Å². The van der Waals surface area contributed by atoms with Gasteiger partial charge in [0, 0.05) is 16.5 Å². The van der Waals surface area contributed by atoms with Crippen LogP contribution in [0.4, 0.5) is 0 Å². The zero-order valence-electron chi connectivity index (χ0n) is 14.0. The summed E-state index contributed by atoms with van der Waals surface area (Å²) in [5.41, 5.74) is 2.59. The second kappa shape index (κ2) is 6.58. The van der Waals surface area contributed by atoms with Gasteiger partial charge in [-0.1, -0.05) is 0 Å². The maximum Gasteiger partial charge on any atom is 0.339 e. The zero-order valence-corrected chi connectivity index (χ0v) is 14.0. The first-order chi connectivity index (χ1) is 11.9. The summed E-state index contributed by atoms with van der Waals surface area (Å²) in [5.74, 6) is -1.23. The molecule has 3 rings (SSSR count). The predicted molar refractivity (Wildman–Crippen MR) is 90.0 cm³/mol. The Balaban J connectivity index is 1.90. The fourth-order valence-electron chi connectivity index (χ4n) is 3.14. The van der Waals surface area contributed by atoms with E-state index in [2.05, 4.69) is 5.32 Å². The number of benzene rings is 1. The lowest BCUT2D eigenvalue weighted by Gasteiger charge is -2.17. The molecule has 0 radical (unpaired) electrons. The minimum Gasteiger partial charge on any atom is -0.480 e. The average molecular weight is 345 g/mol. The molecule has 0 fully saturated rings. The lowest BCUT2D eigenvalue weighted by molar-refractivity contribution is -0.139. The Morgan fingerprint density at radius 1 is 1.32 bits per heavy atom. The van der Waals surface area contributed by atoms with Gasteiger partial charge in [0.05, 0.1) is 0 Å². The van der Waals surface area contributed by atoms with Crippen molar-refractivity contribution < 1.29 is 23.8 Å². The van der Waals surface area contributed by atoms with Gasteiger partial charge in [-0.05, 0) is 50.8 Å². The Bertz CT molecular complexity index is 914. The summed E-state index contributed by atoms with van der Waals surface area (Å²) in [6.07, 6.45) is 1.66. The van der Waals surface area contributed by atoms with Gasteiger partial charge in [0.1, 0.15) is 17.9 Å². The van der Waals surface area contributed by atoms with Crippen molar-refractivity contribution in [2.75, 3.05) is 6.54 Å². The molecule has 0 saturated heterocycles. The van der Waals surface area contributed by atoms with E-state index in [0.717, 1.165) is 35.8 Å². The molecule has 25 heavy (non-hydrogen) atoms. The molecule has 7 heteroatoms. The molecule has 0 saturated carbocycles. The highest BCUT2D eigenvalue weighted by molar-refractivity contribution is 5.87. The number of carbonyl (C=O) groups excluding carboxylic acids is 1. The lowest BCUT2D eigenvalue weighted by Crippen LogP contribution is -2.39. The number of carbonyl (C=O) groups is 2. The van der Waals surface area contributed by atoms with Crippen molar-refractivity contribution in [3.05, 3.63) is 39.2 Å². The number of aryl methyl sites for hydroxylation is 2. The molecule has 7 nitrogen and oxygen atoms in total. The van der Waals surface area contributed by atoms with Gasteiger partial charge in [-0.25, -0.2) is 4.79 Å². The Morgan fingerprint density at radius 3 is 2.76 bits per heavy atom. The topological polar surface area (TPSA) is 106 Å². The lowest BCUT2D eigenvalue weighted by atomic mass is 10.0. The molecule has 1 aromatic heterocycles. The number of rotatable bonds is 5. The second-order valence-corrected chi connectivity index (χ2v) is 6.14. The highest BCUT2D eigenvalue weighted by Crippen LogP contribution is 2.33. The van der Waals surface area contributed by atoms with E-state index in [1.807, 2.05) is 6.07 Å². The summed E-state index contributed by atoms with van der Waals surface area (Å²) in [6.45, 7) is 2.83. The van der Waals surface area contributed by atoms with Crippen LogP contribution in [0.3, 0.4) is 0 Å². The van der Waals surface area contributed by atoms with Crippen LogP contribution in [0.2, 0.25) is 0 Å². The Morgan fingerprint density at radius 2 is 2.04 bits per heavy atom. The smallest absolute Gasteiger partial charge is 0.339 e. The summed E-state index contributed by atoms with van der Waals surface area (Å²) in [6, 6.07) is 3.59. The third kappa shape index (κ3) is 3.22. The maximum absolute atomic E-state index is 12.1. The van der Waals surface area contributed by atoms with E-state index >= 15 is 0 Å². The van der Waals surface area contributed by atoms with Gasteiger partial charge in [-0.3, -0.25) is 9.59 Å². The molecule has 0 unspecified atom stereocenters. The fraction of sp³-hybridized carbons (Fsp3) is 0.389. The molecule has 0 bridgehead atoms. The molecule has 1 atom stereocenters. The van der Waals surface area contributed by atoms with Crippen molar-refractivity contribution >= 4 is 22.8 Å². The van der Waals surface area contributed by atoms with E-state index in [4.69, 9.17) is 14.3 Å². The predicted octanol–water partition coefficient (Wildman–Crippen LogP) is 1.56. The molecule has 132 valence electrons. The number of carboxylic acid groups (broad SMARTS) is 1. The number of ether oxygens (including phenoxy) is 1. The van der Waals surface area contributed by atoms with Crippen LogP contribution in [0.25, 0.3) is 11.0 Å². The summed E-state index contributed by atoms with van der Waals surface area (Å²) < 4.78 is 11.1. The summed E-state index contributed by atoms with van der Waals surface area (Å²) in [7, 11) is 0. The van der Waals surface area contributed by atoms with Crippen molar-refractivity contribution in [3.63, 3.8) is 0 Å². The monoisotopic (exact) mass is 345 g/mol. The molecule has 1 aliphatic carbocycles. The quantitative estimate of drug-likeness (QED) is 0.797. The van der Waals surface area contributed by atoms with Crippen LogP contribution < -0.4 is 15.7 Å². The number of aliphatic carboxylic acids is 1. The van der Waals surface area contributed by atoms with Crippen molar-refractivity contribution in [3.8, 4) is 5.75 Å². The third-order valence-corrected chi connectivity index (χ3v) is 4.43. The second-order valence-electron chi connectivity index (χ2n) is 6.14. The number of hydrogen-bond donors (Lipinski definition) is 2. The van der Waals surface area contributed by atoms with Crippen LogP contribution in [0.1, 0.15) is 30.0 Å². The molecular weight excluding hydrogens is 326 g/mol. The molecule has 1 aromatic carbocycles. The number of hydrogen-bond acceptors (Lipinski definition) is 5. The molecule has 0 aliphatic heterocycles. The highest BCUT2D eigenvalue weighted by atomic mass is 16.5. The van der Waals surface area contributed by atoms with E-state index in [9.17, 15) is 14.4 Å². The molecule has 1 amide bonds. The van der Waals surface area contributed by atoms with Crippen molar-refractivity contribution in [1.82, 2.24) is 5.32 Å². The van der Waals surface area contributed by atoms with Gasteiger partial charge in [0.2, 0.25) is 0 Å². The molecular formula is C18H19NO6. The number of nitrogens with one attached hydrogen (secondary N) is 1. The van der Waals surface area contributed by atoms with Crippen LogP contribution in [-0.2, 0) is 22.4 Å². The summed E-state index contributed by atoms with van der Waals surface area (Å²) in [5, 5.41) is 11.8. The molecule has 1 aliphatic rings. The van der Waals surface area contributed by atoms with Gasteiger partial charge in [-0.15, -0.1) is 0 Å². The van der Waals surface area contributed by atoms with Crippen LogP contribution >= 0.6 is 0 Å². The largest absolute Gasteiger partial charge is 0.480 e. The maximum atomic E-state index is 12.1. The number of fused-ring (bicyclic) bond motifs is 3. The molecule has 2 aromatic rings. The van der Waals surface area contributed by atoms with Gasteiger partial charge in [0.15, 0.2) is 6.10 Å². The Hall–Kier alpha value is -2.83. The average Bonchev–Trinajstić information content (AvgIpc) is 3.06. The van der Waals surface area contributed by atoms with Crippen LogP contribution in [0.5, 0.6) is 5.75 Å². The summed E-state index contributed by atoms with van der Waals surface area (Å²) in [4.78, 5) is 34.5. The SMILES string of the molecule is Cc1c(O[C@H](C)C(=O)NCC(=O)O)ccc2c3c(c(=O)oc12)CCC3. The zero-order chi connectivity index (χ0) is 18.1. The Labute approximate surface area is 143 Å². The Kier molecular flexibility index (Phi) is 4.48. The van der Waals surface area contributed by atoms with E-state index in [-0.39, 0.29) is 5.63 Å². The minimum absolute atomic E-state index is 0.313.